The van der Waals surface area contributed by atoms with Gasteiger partial charge >= 0.3 is 6.09 Å². The number of benzene rings is 1. The van der Waals surface area contributed by atoms with Gasteiger partial charge in [0.15, 0.2) is 0 Å². The summed E-state index contributed by atoms with van der Waals surface area (Å²) >= 11 is 0. The fourth-order valence-electron chi connectivity index (χ4n) is 2.47. The number of nitrogens with one attached hydrogen (secondary N) is 2. The van der Waals surface area contributed by atoms with Crippen LogP contribution in [0.25, 0.3) is 0 Å². The van der Waals surface area contributed by atoms with Gasteiger partial charge in [0.25, 0.3) is 0 Å². The Hall–Kier alpha value is -2.08. The van der Waals surface area contributed by atoms with Crippen LogP contribution in [0.15, 0.2) is 30.3 Å². The highest BCUT2D eigenvalue weighted by Gasteiger charge is 2.22. The van der Waals surface area contributed by atoms with Crippen molar-refractivity contribution in [2.75, 3.05) is 13.7 Å². The van der Waals surface area contributed by atoms with Gasteiger partial charge in [0.2, 0.25) is 5.91 Å². The standard InChI is InChI=1S/C20H32N2O4/c1-15(21-19(24)26-20(2,3)4)18(23)22-17(14-25-5)13-9-12-16-10-7-6-8-11-16/h6-8,10-11,15,17H,9,12-14H2,1-5H3,(H,21,24)(H,22,23)/t15-,17-/m0/s1. The third kappa shape index (κ3) is 9.42. The number of hydrogen-bond donors (Lipinski definition) is 2. The van der Waals surface area contributed by atoms with E-state index >= 15 is 0 Å². The molecule has 0 saturated heterocycles. The molecule has 26 heavy (non-hydrogen) atoms. The Morgan fingerprint density at radius 3 is 2.35 bits per heavy atom. The number of alkyl carbamates (subject to hydrolysis) is 1. The second-order valence-electron chi connectivity index (χ2n) is 7.41. The summed E-state index contributed by atoms with van der Waals surface area (Å²) in [5, 5.41) is 5.49. The van der Waals surface area contributed by atoms with Crippen molar-refractivity contribution in [2.45, 2.75) is 64.6 Å². The second kappa shape index (κ2) is 10.8. The summed E-state index contributed by atoms with van der Waals surface area (Å²) in [5.74, 6) is -0.252. The van der Waals surface area contributed by atoms with Gasteiger partial charge in [-0.1, -0.05) is 30.3 Å². The second-order valence-corrected chi connectivity index (χ2v) is 7.41. The third-order valence-electron chi connectivity index (χ3n) is 3.70. The Kier molecular flexibility index (Phi) is 9.13. The first kappa shape index (κ1) is 22.0. The van der Waals surface area contributed by atoms with Crippen molar-refractivity contribution < 1.29 is 19.1 Å². The molecule has 2 N–H and O–H groups in total. The predicted octanol–water partition coefficient (Wildman–Crippen LogP) is 3.05. The summed E-state index contributed by atoms with van der Waals surface area (Å²) in [4.78, 5) is 24.1. The van der Waals surface area contributed by atoms with E-state index in [1.165, 1.54) is 5.56 Å². The van der Waals surface area contributed by atoms with Crippen LogP contribution in [0.4, 0.5) is 4.79 Å². The Morgan fingerprint density at radius 1 is 1.12 bits per heavy atom. The van der Waals surface area contributed by atoms with Gasteiger partial charge in [-0.15, -0.1) is 0 Å². The van der Waals surface area contributed by atoms with Crippen molar-refractivity contribution >= 4 is 12.0 Å². The fraction of sp³-hybridized carbons (Fsp3) is 0.600. The smallest absolute Gasteiger partial charge is 0.408 e. The van der Waals surface area contributed by atoms with Crippen molar-refractivity contribution in [3.63, 3.8) is 0 Å². The monoisotopic (exact) mass is 364 g/mol. The molecule has 0 heterocycles. The summed E-state index contributed by atoms with van der Waals surface area (Å²) in [6.45, 7) is 7.39. The zero-order valence-corrected chi connectivity index (χ0v) is 16.5. The fourth-order valence-corrected chi connectivity index (χ4v) is 2.47. The minimum Gasteiger partial charge on any atom is -0.444 e. The third-order valence-corrected chi connectivity index (χ3v) is 3.70. The van der Waals surface area contributed by atoms with Crippen molar-refractivity contribution in [1.82, 2.24) is 10.6 Å². The average molecular weight is 364 g/mol. The Morgan fingerprint density at radius 2 is 1.77 bits per heavy atom. The van der Waals surface area contributed by atoms with Crippen molar-refractivity contribution in [3.8, 4) is 0 Å². The molecule has 6 heteroatoms. The lowest BCUT2D eigenvalue weighted by Gasteiger charge is -2.23. The maximum Gasteiger partial charge on any atom is 0.408 e. The molecular formula is C20H32N2O4. The molecule has 1 rings (SSSR count). The van der Waals surface area contributed by atoms with Crippen LogP contribution in [0.2, 0.25) is 0 Å². The molecule has 0 fully saturated rings. The quantitative estimate of drug-likeness (QED) is 0.706. The normalized spacial score (nSPS) is 13.6. The van der Waals surface area contributed by atoms with E-state index in [1.807, 2.05) is 18.2 Å². The van der Waals surface area contributed by atoms with Gasteiger partial charge in [0, 0.05) is 7.11 Å². The summed E-state index contributed by atoms with van der Waals surface area (Å²) < 4.78 is 10.4. The molecule has 0 aromatic heterocycles. The molecule has 1 aromatic carbocycles. The van der Waals surface area contributed by atoms with Gasteiger partial charge in [-0.25, -0.2) is 4.79 Å². The first-order valence-electron chi connectivity index (χ1n) is 9.04. The van der Waals surface area contributed by atoms with E-state index in [9.17, 15) is 9.59 Å². The molecule has 0 aliphatic heterocycles. The summed E-state index contributed by atoms with van der Waals surface area (Å²) in [6, 6.07) is 9.45. The summed E-state index contributed by atoms with van der Waals surface area (Å²) in [5.41, 5.74) is 0.672. The zero-order chi connectivity index (χ0) is 19.6. The van der Waals surface area contributed by atoms with E-state index in [0.717, 1.165) is 19.3 Å². The van der Waals surface area contributed by atoms with E-state index in [2.05, 4.69) is 22.8 Å². The molecule has 0 saturated carbocycles. The molecule has 0 bridgehead atoms. The molecule has 1 aromatic rings. The van der Waals surface area contributed by atoms with Gasteiger partial charge in [0.1, 0.15) is 11.6 Å². The number of carbonyl (C=O) groups excluding carboxylic acids is 2. The molecule has 2 amide bonds. The first-order chi connectivity index (χ1) is 12.2. The number of amides is 2. The maximum atomic E-state index is 12.3. The van der Waals surface area contributed by atoms with Gasteiger partial charge in [-0.05, 0) is 52.5 Å². The summed E-state index contributed by atoms with van der Waals surface area (Å²) in [6.07, 6.45) is 2.08. The van der Waals surface area contributed by atoms with Crippen LogP contribution in [0, 0.1) is 0 Å². The molecule has 0 aliphatic carbocycles. The van der Waals surface area contributed by atoms with Crippen LogP contribution in [0.5, 0.6) is 0 Å². The van der Waals surface area contributed by atoms with Gasteiger partial charge in [-0.3, -0.25) is 4.79 Å². The number of hydrogen-bond acceptors (Lipinski definition) is 4. The Labute approximate surface area is 156 Å². The summed E-state index contributed by atoms with van der Waals surface area (Å²) in [7, 11) is 1.61. The van der Waals surface area contributed by atoms with E-state index < -0.39 is 17.7 Å². The van der Waals surface area contributed by atoms with E-state index in [0.29, 0.717) is 6.61 Å². The van der Waals surface area contributed by atoms with Crippen LogP contribution in [0.1, 0.15) is 46.1 Å². The van der Waals surface area contributed by atoms with Crippen LogP contribution >= 0.6 is 0 Å². The Balaban J connectivity index is 2.44. The number of carbonyl (C=O) groups is 2. The average Bonchev–Trinajstić information content (AvgIpc) is 2.54. The number of methoxy groups -OCH3 is 1. The molecule has 0 spiro atoms. The van der Waals surface area contributed by atoms with E-state index in [-0.39, 0.29) is 11.9 Å². The van der Waals surface area contributed by atoms with Crippen LogP contribution in [0.3, 0.4) is 0 Å². The maximum absolute atomic E-state index is 12.3. The molecule has 146 valence electrons. The molecule has 0 unspecified atom stereocenters. The number of aryl methyl sites for hydroxylation is 1. The highest BCUT2D eigenvalue weighted by Crippen LogP contribution is 2.08. The molecule has 2 atom stereocenters. The van der Waals surface area contributed by atoms with Gasteiger partial charge in [-0.2, -0.15) is 0 Å². The topological polar surface area (TPSA) is 76.7 Å². The lowest BCUT2D eigenvalue weighted by Crippen LogP contribution is -2.50. The SMILES string of the molecule is COC[C@H](CCCc1ccccc1)NC(=O)[C@H](C)NC(=O)OC(C)(C)C. The highest BCUT2D eigenvalue weighted by atomic mass is 16.6. The van der Waals surface area contributed by atoms with Crippen molar-refractivity contribution in [3.05, 3.63) is 35.9 Å². The number of ether oxygens (including phenoxy) is 2. The Bertz CT molecular complexity index is 555. The van der Waals surface area contributed by atoms with Crippen LogP contribution in [-0.4, -0.2) is 43.4 Å². The van der Waals surface area contributed by atoms with Crippen LogP contribution < -0.4 is 10.6 Å². The first-order valence-corrected chi connectivity index (χ1v) is 9.04. The molecule has 0 aliphatic rings. The molecule has 0 radical (unpaired) electrons. The zero-order valence-electron chi connectivity index (χ0n) is 16.5. The lowest BCUT2D eigenvalue weighted by molar-refractivity contribution is -0.124. The van der Waals surface area contributed by atoms with Gasteiger partial charge < -0.3 is 20.1 Å². The van der Waals surface area contributed by atoms with E-state index in [1.54, 1.807) is 34.8 Å². The molecular weight excluding hydrogens is 332 g/mol. The minimum absolute atomic E-state index is 0.0981. The van der Waals surface area contributed by atoms with Crippen molar-refractivity contribution in [2.24, 2.45) is 0 Å². The van der Waals surface area contributed by atoms with Crippen molar-refractivity contribution in [1.29, 1.82) is 0 Å². The number of rotatable bonds is 9. The predicted molar refractivity (Wildman–Crippen MR) is 102 cm³/mol. The largest absolute Gasteiger partial charge is 0.444 e. The molecule has 6 nitrogen and oxygen atoms in total. The minimum atomic E-state index is -0.682. The lowest BCUT2D eigenvalue weighted by atomic mass is 10.0. The van der Waals surface area contributed by atoms with Crippen LogP contribution in [-0.2, 0) is 20.7 Å². The highest BCUT2D eigenvalue weighted by molar-refractivity contribution is 5.85. The van der Waals surface area contributed by atoms with E-state index in [4.69, 9.17) is 9.47 Å². The van der Waals surface area contributed by atoms with Gasteiger partial charge in [0.05, 0.1) is 12.6 Å².